The standard InChI is InChI=1S/C28H39N5O/c1-8-9-25-30-26(31-33(25)20(4)5)22-14-24(16-29-15-22)28(34,27(6)17-32(7)18-27)23-12-10-21(11-13-23)19(2)3/h10-16,19-20,34H,8-9,17-18H2,1-7H3. The molecule has 2 aromatic heterocycles. The summed E-state index contributed by atoms with van der Waals surface area (Å²) in [6.07, 6.45) is 5.50. The Morgan fingerprint density at radius 3 is 2.29 bits per heavy atom. The van der Waals surface area contributed by atoms with Gasteiger partial charge < -0.3 is 10.0 Å². The van der Waals surface area contributed by atoms with E-state index in [0.717, 1.165) is 48.4 Å². The molecule has 3 heterocycles. The van der Waals surface area contributed by atoms with E-state index in [1.165, 1.54) is 5.56 Å². The van der Waals surface area contributed by atoms with Crippen LogP contribution < -0.4 is 0 Å². The first-order chi connectivity index (χ1) is 16.1. The summed E-state index contributed by atoms with van der Waals surface area (Å²) in [6.45, 7) is 14.6. The fraction of sp³-hybridized carbons (Fsp3) is 0.536. The number of hydrogen-bond acceptors (Lipinski definition) is 5. The molecular weight excluding hydrogens is 422 g/mol. The van der Waals surface area contributed by atoms with E-state index >= 15 is 0 Å². The van der Waals surface area contributed by atoms with Gasteiger partial charge in [0.15, 0.2) is 5.82 Å². The molecule has 6 nitrogen and oxygen atoms in total. The number of benzene rings is 1. The smallest absolute Gasteiger partial charge is 0.182 e. The van der Waals surface area contributed by atoms with E-state index in [0.29, 0.717) is 11.7 Å². The Bertz CT molecular complexity index is 1130. The summed E-state index contributed by atoms with van der Waals surface area (Å²) in [6, 6.07) is 10.7. The van der Waals surface area contributed by atoms with E-state index in [9.17, 15) is 5.11 Å². The van der Waals surface area contributed by atoms with Crippen LogP contribution in [-0.4, -0.2) is 49.9 Å². The van der Waals surface area contributed by atoms with Gasteiger partial charge in [0.1, 0.15) is 11.4 Å². The molecule has 0 spiro atoms. The minimum atomic E-state index is -1.18. The highest BCUT2D eigenvalue weighted by Gasteiger charge is 2.55. The fourth-order valence-corrected chi connectivity index (χ4v) is 5.39. The lowest BCUT2D eigenvalue weighted by Gasteiger charge is -2.55. The number of nitrogens with zero attached hydrogens (tertiary/aromatic N) is 5. The van der Waals surface area contributed by atoms with Gasteiger partial charge in [0.25, 0.3) is 0 Å². The second kappa shape index (κ2) is 9.23. The van der Waals surface area contributed by atoms with Crippen molar-refractivity contribution in [2.24, 2.45) is 5.41 Å². The summed E-state index contributed by atoms with van der Waals surface area (Å²) in [4.78, 5) is 11.6. The third-order valence-corrected chi connectivity index (χ3v) is 7.19. The molecule has 3 aromatic rings. The van der Waals surface area contributed by atoms with Gasteiger partial charge in [-0.1, -0.05) is 52.0 Å². The lowest BCUT2D eigenvalue weighted by molar-refractivity contribution is -0.127. The number of hydrogen-bond donors (Lipinski definition) is 1. The Hall–Kier alpha value is -2.57. The lowest BCUT2D eigenvalue weighted by Crippen LogP contribution is -2.63. The highest BCUT2D eigenvalue weighted by molar-refractivity contribution is 5.56. The Morgan fingerprint density at radius 2 is 1.74 bits per heavy atom. The van der Waals surface area contributed by atoms with Gasteiger partial charge in [-0.05, 0) is 50.4 Å². The van der Waals surface area contributed by atoms with E-state index < -0.39 is 5.60 Å². The van der Waals surface area contributed by atoms with Gasteiger partial charge in [0.2, 0.25) is 0 Å². The third-order valence-electron chi connectivity index (χ3n) is 7.19. The van der Waals surface area contributed by atoms with Crippen molar-refractivity contribution in [2.75, 3.05) is 20.1 Å². The summed E-state index contributed by atoms with van der Waals surface area (Å²) in [5.41, 5.74) is 2.28. The van der Waals surface area contributed by atoms with Gasteiger partial charge in [-0.25, -0.2) is 9.67 Å². The van der Waals surface area contributed by atoms with Gasteiger partial charge in [0, 0.05) is 54.5 Å². The predicted molar refractivity (Wildman–Crippen MR) is 137 cm³/mol. The van der Waals surface area contributed by atoms with E-state index in [1.54, 1.807) is 12.4 Å². The fourth-order valence-electron chi connectivity index (χ4n) is 5.39. The molecule has 1 N–H and O–H groups in total. The molecule has 1 aromatic carbocycles. The Balaban J connectivity index is 1.81. The maximum atomic E-state index is 12.5. The van der Waals surface area contributed by atoms with E-state index in [-0.39, 0.29) is 11.5 Å². The number of likely N-dealkylation sites (tertiary alicyclic amines) is 1. The van der Waals surface area contributed by atoms with Gasteiger partial charge in [-0.2, -0.15) is 5.10 Å². The molecule has 1 saturated heterocycles. The predicted octanol–water partition coefficient (Wildman–Crippen LogP) is 5.18. The van der Waals surface area contributed by atoms with Crippen LogP contribution in [0.15, 0.2) is 42.7 Å². The van der Waals surface area contributed by atoms with Crippen LogP contribution in [0, 0.1) is 5.41 Å². The van der Waals surface area contributed by atoms with E-state index in [4.69, 9.17) is 10.1 Å². The molecule has 34 heavy (non-hydrogen) atoms. The van der Waals surface area contributed by atoms with Crippen molar-refractivity contribution < 1.29 is 5.11 Å². The monoisotopic (exact) mass is 461 g/mol. The minimum Gasteiger partial charge on any atom is -0.380 e. The lowest BCUT2D eigenvalue weighted by atomic mass is 9.62. The number of aliphatic hydroxyl groups is 1. The van der Waals surface area contributed by atoms with Gasteiger partial charge >= 0.3 is 0 Å². The van der Waals surface area contributed by atoms with Crippen LogP contribution >= 0.6 is 0 Å². The second-order valence-corrected chi connectivity index (χ2v) is 10.8. The molecule has 0 radical (unpaired) electrons. The van der Waals surface area contributed by atoms with Gasteiger partial charge in [-0.15, -0.1) is 0 Å². The number of aromatic nitrogens is 4. The molecule has 1 aliphatic heterocycles. The quantitative estimate of drug-likeness (QED) is 0.500. The molecule has 1 aliphatic rings. The summed E-state index contributed by atoms with van der Waals surface area (Å²) in [7, 11) is 2.09. The van der Waals surface area contributed by atoms with Crippen LogP contribution in [-0.2, 0) is 12.0 Å². The summed E-state index contributed by atoms with van der Waals surface area (Å²) in [5.74, 6) is 2.10. The Kier molecular flexibility index (Phi) is 6.67. The Morgan fingerprint density at radius 1 is 1.06 bits per heavy atom. The second-order valence-electron chi connectivity index (χ2n) is 10.8. The van der Waals surface area contributed by atoms with Crippen molar-refractivity contribution in [1.29, 1.82) is 0 Å². The summed E-state index contributed by atoms with van der Waals surface area (Å²) < 4.78 is 2.00. The van der Waals surface area contributed by atoms with Crippen LogP contribution in [0.1, 0.15) is 82.4 Å². The summed E-state index contributed by atoms with van der Waals surface area (Å²) in [5, 5.41) is 17.3. The van der Waals surface area contributed by atoms with Crippen molar-refractivity contribution in [1.82, 2.24) is 24.6 Å². The van der Waals surface area contributed by atoms with Crippen molar-refractivity contribution >= 4 is 0 Å². The van der Waals surface area contributed by atoms with Crippen LogP contribution in [0.2, 0.25) is 0 Å². The zero-order valence-corrected chi connectivity index (χ0v) is 21.7. The molecule has 4 rings (SSSR count). The van der Waals surface area contributed by atoms with E-state index in [1.807, 2.05) is 10.7 Å². The zero-order chi connectivity index (χ0) is 24.7. The first kappa shape index (κ1) is 24.6. The zero-order valence-electron chi connectivity index (χ0n) is 21.7. The van der Waals surface area contributed by atoms with Crippen molar-refractivity contribution in [3.8, 4) is 11.4 Å². The molecular formula is C28H39N5O. The highest BCUT2D eigenvalue weighted by Crippen LogP contribution is 2.50. The maximum Gasteiger partial charge on any atom is 0.182 e. The summed E-state index contributed by atoms with van der Waals surface area (Å²) >= 11 is 0. The topological polar surface area (TPSA) is 67.1 Å². The minimum absolute atomic E-state index is 0.236. The Labute approximate surface area is 204 Å². The van der Waals surface area contributed by atoms with Gasteiger partial charge in [0.05, 0.1) is 0 Å². The van der Waals surface area contributed by atoms with Crippen molar-refractivity contribution in [3.05, 3.63) is 65.2 Å². The number of aryl methyl sites for hydroxylation is 1. The molecule has 0 aliphatic carbocycles. The highest BCUT2D eigenvalue weighted by atomic mass is 16.3. The maximum absolute atomic E-state index is 12.5. The van der Waals surface area contributed by atoms with Crippen molar-refractivity contribution in [3.63, 3.8) is 0 Å². The molecule has 182 valence electrons. The molecule has 0 bridgehead atoms. The number of rotatable bonds is 8. The molecule has 0 saturated carbocycles. The molecule has 1 atom stereocenters. The average molecular weight is 462 g/mol. The van der Waals surface area contributed by atoms with E-state index in [2.05, 4.69) is 82.7 Å². The molecule has 0 amide bonds. The first-order valence-electron chi connectivity index (χ1n) is 12.5. The van der Waals surface area contributed by atoms with Gasteiger partial charge in [-0.3, -0.25) is 4.98 Å². The SMILES string of the molecule is CCCc1nc(-c2cncc(C(O)(c3ccc(C(C)C)cc3)C3(C)CN(C)C3)c2)nn1C(C)C. The average Bonchev–Trinajstić information content (AvgIpc) is 3.22. The van der Waals surface area contributed by atoms with Crippen molar-refractivity contribution in [2.45, 2.75) is 71.9 Å². The molecule has 1 fully saturated rings. The van der Waals surface area contributed by atoms with Crippen LogP contribution in [0.4, 0.5) is 0 Å². The van der Waals surface area contributed by atoms with Crippen LogP contribution in [0.3, 0.4) is 0 Å². The van der Waals surface area contributed by atoms with Crippen LogP contribution in [0.25, 0.3) is 11.4 Å². The largest absolute Gasteiger partial charge is 0.380 e. The normalized spacial score (nSPS) is 17.7. The van der Waals surface area contributed by atoms with Crippen LogP contribution in [0.5, 0.6) is 0 Å². The number of pyridine rings is 1. The molecule has 1 unspecified atom stereocenters. The molecule has 6 heteroatoms. The first-order valence-corrected chi connectivity index (χ1v) is 12.5. The third kappa shape index (κ3) is 4.18.